The summed E-state index contributed by atoms with van der Waals surface area (Å²) in [5, 5.41) is 5.16. The van der Waals surface area contributed by atoms with Gasteiger partial charge >= 0.3 is 0 Å². The molecule has 0 radical (unpaired) electrons. The Kier molecular flexibility index (Phi) is 7.85. The van der Waals surface area contributed by atoms with Crippen molar-refractivity contribution >= 4 is 43.9 Å². The van der Waals surface area contributed by atoms with Crippen LogP contribution in [0.25, 0.3) is 82.6 Å². The third kappa shape index (κ3) is 5.01. The fourth-order valence-electron chi connectivity index (χ4n) is 15.5. The minimum absolute atomic E-state index is 0.140. The van der Waals surface area contributed by atoms with Crippen LogP contribution in [0.5, 0.6) is 0 Å². The molecule has 6 aliphatic rings. The topological polar surface area (TPSA) is 21.5 Å². The van der Waals surface area contributed by atoms with Gasteiger partial charge in [-0.25, -0.2) is 0 Å². The first-order chi connectivity index (χ1) is 34.7. The first-order valence-electron chi connectivity index (χ1n) is 26.2. The van der Waals surface area contributed by atoms with Gasteiger partial charge in [0.1, 0.15) is 0 Å². The van der Waals surface area contributed by atoms with Crippen LogP contribution in [0, 0.1) is 0 Å². The number of fused-ring (bicyclic) bond motifs is 13. The summed E-state index contributed by atoms with van der Waals surface area (Å²) in [4.78, 5) is 14.5. The fourth-order valence-corrected chi connectivity index (χ4v) is 15.5. The van der Waals surface area contributed by atoms with Crippen LogP contribution < -0.4 is 0 Å². The summed E-state index contributed by atoms with van der Waals surface area (Å²) in [6.07, 6.45) is 5.85. The number of benzene rings is 9. The molecule has 2 bridgehead atoms. The molecule has 2 heteroatoms. The number of Topliss-reactive ketones (excluding diaryl/α,β-unsaturated/α-hetero) is 1. The third-order valence-corrected chi connectivity index (χ3v) is 18.5. The average Bonchev–Trinajstić information content (AvgIpc) is 4.07. The van der Waals surface area contributed by atoms with Crippen LogP contribution in [0.15, 0.2) is 164 Å². The highest BCUT2D eigenvalue weighted by Gasteiger charge is 2.44. The molecule has 2 aromatic heterocycles. The van der Waals surface area contributed by atoms with Crippen molar-refractivity contribution in [3.05, 3.63) is 231 Å². The molecule has 0 unspecified atom stereocenters. The van der Waals surface area contributed by atoms with E-state index in [9.17, 15) is 4.79 Å². The van der Waals surface area contributed by atoms with Crippen LogP contribution in [0.1, 0.15) is 143 Å². The number of ketones is 1. The van der Waals surface area contributed by atoms with Gasteiger partial charge in [-0.3, -0.25) is 4.79 Å². The van der Waals surface area contributed by atoms with E-state index in [1.165, 1.54) is 138 Å². The van der Waals surface area contributed by atoms with Crippen LogP contribution in [0.4, 0.5) is 0 Å². The summed E-state index contributed by atoms with van der Waals surface area (Å²) in [6.45, 7) is 9.74. The van der Waals surface area contributed by atoms with E-state index < -0.39 is 0 Å². The maximum absolute atomic E-state index is 14.5. The maximum Gasteiger partial charge on any atom is 0.163 e. The number of aryl methyl sites for hydroxylation is 1. The molecule has 9 aromatic carbocycles. The zero-order chi connectivity index (χ0) is 47.2. The lowest BCUT2D eigenvalue weighted by molar-refractivity contribution is 0.0979. The molecule has 2 nitrogen and oxygen atoms in total. The van der Waals surface area contributed by atoms with Gasteiger partial charge in [0.2, 0.25) is 0 Å². The predicted octanol–water partition coefficient (Wildman–Crippen LogP) is 17.5. The van der Waals surface area contributed by atoms with Gasteiger partial charge in [-0.05, 0) is 155 Å². The summed E-state index contributed by atoms with van der Waals surface area (Å²) in [7, 11) is 0. The monoisotopic (exact) mass is 911 g/mol. The molecular formula is C69H53NO. The Morgan fingerprint density at radius 3 is 1.38 bits per heavy atom. The third-order valence-electron chi connectivity index (χ3n) is 18.5. The van der Waals surface area contributed by atoms with Gasteiger partial charge in [0.15, 0.2) is 5.78 Å². The Morgan fingerprint density at radius 2 is 0.831 bits per heavy atom. The molecule has 0 spiro atoms. The van der Waals surface area contributed by atoms with Crippen molar-refractivity contribution < 1.29 is 4.79 Å². The van der Waals surface area contributed by atoms with Crippen molar-refractivity contribution in [1.82, 2.24) is 4.40 Å². The standard InChI is InChI=1S/C69H53NO/c1-68(2)56-30-15-13-20-39(56)45-26-17-28-47(65(45)68)50-34-51(48-29-18-27-46-40-21-14-16-31-57(40)69(3,4)66(46)48)64-55-35-52-53(62-43-24-11-9-22-41(43)61(52)42-23-10-12-25-44(42)62)37-59(55)70-58-36-49-38(33-54(58)63(50)67(64)70)19-7-5-6-8-32-60(49)71/h9-18,20-31,33-37,61-62H,5-8,19,32H2,1-4H3. The highest BCUT2D eigenvalue weighted by molar-refractivity contribution is 6.31. The minimum atomic E-state index is -0.228. The van der Waals surface area contributed by atoms with Crippen molar-refractivity contribution in [1.29, 1.82) is 0 Å². The number of rotatable bonds is 2. The normalized spacial score (nSPS) is 18.6. The van der Waals surface area contributed by atoms with Crippen LogP contribution in [-0.4, -0.2) is 10.2 Å². The van der Waals surface area contributed by atoms with Crippen LogP contribution in [0.2, 0.25) is 0 Å². The van der Waals surface area contributed by atoms with E-state index in [0.29, 0.717) is 12.2 Å². The van der Waals surface area contributed by atoms with Gasteiger partial charge in [0.25, 0.3) is 0 Å². The molecule has 0 amide bonds. The summed E-state index contributed by atoms with van der Waals surface area (Å²) in [5.41, 5.74) is 29.9. The molecule has 17 rings (SSSR count). The van der Waals surface area contributed by atoms with Crippen molar-refractivity contribution in [2.24, 2.45) is 0 Å². The van der Waals surface area contributed by atoms with Crippen molar-refractivity contribution in [3.8, 4) is 44.5 Å². The molecule has 0 saturated heterocycles. The molecule has 0 N–H and O–H groups in total. The molecule has 11 aromatic rings. The molecule has 2 heterocycles. The van der Waals surface area contributed by atoms with Gasteiger partial charge in [0.05, 0.1) is 16.6 Å². The lowest BCUT2D eigenvalue weighted by atomic mass is 9.61. The summed E-state index contributed by atoms with van der Waals surface area (Å²) in [5.74, 6) is 0.579. The van der Waals surface area contributed by atoms with E-state index in [1.807, 2.05) is 0 Å². The van der Waals surface area contributed by atoms with Gasteiger partial charge in [0, 0.05) is 56.2 Å². The lowest BCUT2D eigenvalue weighted by Gasteiger charge is -2.42. The van der Waals surface area contributed by atoms with Crippen LogP contribution >= 0.6 is 0 Å². The summed E-state index contributed by atoms with van der Waals surface area (Å²) >= 11 is 0. The number of aromatic nitrogens is 1. The summed E-state index contributed by atoms with van der Waals surface area (Å²) < 4.78 is 2.63. The zero-order valence-electron chi connectivity index (χ0n) is 40.8. The van der Waals surface area contributed by atoms with E-state index in [1.54, 1.807) is 0 Å². The van der Waals surface area contributed by atoms with E-state index in [0.717, 1.165) is 43.2 Å². The smallest absolute Gasteiger partial charge is 0.163 e. The highest BCUT2D eigenvalue weighted by atomic mass is 16.1. The molecular weight excluding hydrogens is 859 g/mol. The van der Waals surface area contributed by atoms with Gasteiger partial charge in [-0.1, -0.05) is 174 Å². The molecule has 71 heavy (non-hydrogen) atoms. The van der Waals surface area contributed by atoms with Gasteiger partial charge < -0.3 is 4.40 Å². The van der Waals surface area contributed by atoms with Crippen LogP contribution in [-0.2, 0) is 17.3 Å². The highest BCUT2D eigenvalue weighted by Crippen LogP contribution is 2.61. The van der Waals surface area contributed by atoms with E-state index in [4.69, 9.17) is 0 Å². The minimum Gasteiger partial charge on any atom is -0.308 e. The molecule has 0 aliphatic heterocycles. The second-order valence-corrected chi connectivity index (χ2v) is 22.7. The molecule has 0 saturated carbocycles. The Morgan fingerprint density at radius 1 is 0.394 bits per heavy atom. The maximum atomic E-state index is 14.5. The first-order valence-corrected chi connectivity index (χ1v) is 26.2. The zero-order valence-corrected chi connectivity index (χ0v) is 40.8. The molecule has 6 aliphatic carbocycles. The second-order valence-electron chi connectivity index (χ2n) is 22.7. The summed E-state index contributed by atoms with van der Waals surface area (Å²) in [6, 6.07) is 63.4. The Hall–Kier alpha value is -7.55. The largest absolute Gasteiger partial charge is 0.308 e. The number of hydrogen-bond acceptors (Lipinski definition) is 1. The number of hydrogen-bond donors (Lipinski definition) is 0. The SMILES string of the molecule is CC1(C)c2ccccc2-c2cccc(-c3cc(-c4cccc5c4C(C)(C)c4ccccc4-5)c4c5cc6c(cc5n5c7cc8c(cc7c3c45)CCCCCCC8=O)C3c4ccccc4C6c4ccccc43)c21. The van der Waals surface area contributed by atoms with E-state index in [-0.39, 0.29) is 22.7 Å². The van der Waals surface area contributed by atoms with Gasteiger partial charge in [-0.2, -0.15) is 0 Å². The number of carbonyl (C=O) groups excluding carboxylic acids is 1. The number of nitrogens with zero attached hydrogens (tertiary/aromatic N) is 1. The van der Waals surface area contributed by atoms with Crippen molar-refractivity contribution in [3.63, 3.8) is 0 Å². The van der Waals surface area contributed by atoms with Crippen molar-refractivity contribution in [2.45, 2.75) is 88.9 Å². The fraction of sp³-hybridized carbons (Fsp3) is 0.203. The number of carbonyl (C=O) groups is 1. The predicted molar refractivity (Wildman–Crippen MR) is 293 cm³/mol. The van der Waals surface area contributed by atoms with Crippen LogP contribution in [0.3, 0.4) is 0 Å². The average molecular weight is 912 g/mol. The van der Waals surface area contributed by atoms with E-state index >= 15 is 0 Å². The quantitative estimate of drug-likeness (QED) is 0.169. The lowest BCUT2D eigenvalue weighted by Crippen LogP contribution is -2.27. The first kappa shape index (κ1) is 40.2. The second kappa shape index (κ2) is 13.9. The molecule has 0 atom stereocenters. The Labute approximate surface area is 415 Å². The Bertz CT molecular complexity index is 4160. The molecule has 340 valence electrons. The molecule has 0 fully saturated rings. The van der Waals surface area contributed by atoms with Crippen molar-refractivity contribution in [2.75, 3.05) is 0 Å². The Balaban J connectivity index is 1.11. The van der Waals surface area contributed by atoms with Gasteiger partial charge in [-0.15, -0.1) is 0 Å². The van der Waals surface area contributed by atoms with E-state index in [2.05, 4.69) is 196 Å².